The number of carbonyl (C=O) groups is 1. The molecule has 0 aromatic carbocycles. The zero-order valence-electron chi connectivity index (χ0n) is 10.1. The van der Waals surface area contributed by atoms with Gasteiger partial charge in [0.05, 0.1) is 5.97 Å². The van der Waals surface area contributed by atoms with Gasteiger partial charge in [-0.3, -0.25) is 0 Å². The Labute approximate surface area is 96.8 Å². The van der Waals surface area contributed by atoms with E-state index in [0.717, 1.165) is 11.5 Å². The molecule has 0 heterocycles. The molecule has 0 aromatic rings. The van der Waals surface area contributed by atoms with Gasteiger partial charge in [0.15, 0.2) is 0 Å². The molecule has 0 spiro atoms. The van der Waals surface area contributed by atoms with E-state index in [0.29, 0.717) is 0 Å². The lowest BCUT2D eigenvalue weighted by Gasteiger charge is -2.09. The molecule has 0 aliphatic heterocycles. The second-order valence-corrected chi connectivity index (χ2v) is 6.28. The lowest BCUT2D eigenvalue weighted by molar-refractivity contribution is -0.301. The first-order valence-electron chi connectivity index (χ1n) is 6.04. The third kappa shape index (κ3) is 10.1. The molecular weight excluding hydrogens is 208 g/mol. The quantitative estimate of drug-likeness (QED) is 0.425. The van der Waals surface area contributed by atoms with E-state index in [-0.39, 0.29) is 16.6 Å². The predicted octanol–water partition coefficient (Wildman–Crippen LogP) is 1.73. The number of carboxylic acids is 1. The molecule has 0 aliphatic rings. The van der Waals surface area contributed by atoms with Gasteiger partial charge in [-0.2, -0.15) is 0 Å². The summed E-state index contributed by atoms with van der Waals surface area (Å²) in [7, 11) is 0.0804. The smallest absolute Gasteiger partial charge is 0.147 e. The summed E-state index contributed by atoms with van der Waals surface area (Å²) >= 11 is 0. The Morgan fingerprint density at radius 2 is 1.47 bits per heavy atom. The van der Waals surface area contributed by atoms with Gasteiger partial charge in [0.25, 0.3) is 0 Å². The standard InChI is InChI=1S/C12H24O2S/c1-3-5-7-9-15(11-12(13)14)10-8-6-4-2/h3-11H2,1-2H3. The average molecular weight is 232 g/mol. The van der Waals surface area contributed by atoms with Crippen LogP contribution in [0.3, 0.4) is 0 Å². The van der Waals surface area contributed by atoms with Crippen molar-refractivity contribution < 1.29 is 9.90 Å². The highest BCUT2D eigenvalue weighted by molar-refractivity contribution is 7.97. The van der Waals surface area contributed by atoms with Crippen molar-refractivity contribution >= 4 is 16.9 Å². The first-order chi connectivity index (χ1) is 7.20. The van der Waals surface area contributed by atoms with Gasteiger partial charge in [-0.15, -0.1) is 0 Å². The van der Waals surface area contributed by atoms with E-state index in [4.69, 9.17) is 0 Å². The Kier molecular flexibility index (Phi) is 10.2. The first kappa shape index (κ1) is 14.8. The third-order valence-corrected chi connectivity index (χ3v) is 4.77. The minimum Gasteiger partial charge on any atom is -0.545 e. The third-order valence-electron chi connectivity index (χ3n) is 2.40. The van der Waals surface area contributed by atoms with Crippen LogP contribution in [0.1, 0.15) is 52.4 Å². The number of carbonyl (C=O) groups excluding carboxylic acids is 1. The second-order valence-electron chi connectivity index (χ2n) is 3.95. The molecule has 0 rings (SSSR count). The topological polar surface area (TPSA) is 40.1 Å². The SMILES string of the molecule is CCCCC[S+](CCCCC)CC(=O)[O-]. The van der Waals surface area contributed by atoms with Crippen LogP contribution in [-0.2, 0) is 15.7 Å². The van der Waals surface area contributed by atoms with Crippen LogP contribution >= 0.6 is 0 Å². The van der Waals surface area contributed by atoms with Crippen molar-refractivity contribution in [1.82, 2.24) is 0 Å². The van der Waals surface area contributed by atoms with Crippen molar-refractivity contribution in [2.24, 2.45) is 0 Å². The Morgan fingerprint density at radius 1 is 1.00 bits per heavy atom. The molecule has 0 aromatic heterocycles. The van der Waals surface area contributed by atoms with Gasteiger partial charge < -0.3 is 9.90 Å². The fourth-order valence-electron chi connectivity index (χ4n) is 1.53. The molecule has 0 saturated heterocycles. The maximum absolute atomic E-state index is 10.6. The molecular formula is C12H24O2S. The van der Waals surface area contributed by atoms with E-state index in [1.807, 2.05) is 0 Å². The van der Waals surface area contributed by atoms with Crippen LogP contribution in [0.5, 0.6) is 0 Å². The molecule has 0 N–H and O–H groups in total. The molecule has 0 radical (unpaired) electrons. The summed E-state index contributed by atoms with van der Waals surface area (Å²) in [6.45, 7) is 4.35. The van der Waals surface area contributed by atoms with E-state index in [2.05, 4.69) is 13.8 Å². The Bertz CT molecular complexity index is 150. The molecule has 0 saturated carbocycles. The van der Waals surface area contributed by atoms with Crippen LogP contribution in [0.4, 0.5) is 0 Å². The molecule has 3 heteroatoms. The summed E-state index contributed by atoms with van der Waals surface area (Å²) in [5.41, 5.74) is 0. The van der Waals surface area contributed by atoms with Gasteiger partial charge in [-0.05, 0) is 36.6 Å². The Balaban J connectivity index is 3.68. The summed E-state index contributed by atoms with van der Waals surface area (Å²) in [6.07, 6.45) is 7.22. The van der Waals surface area contributed by atoms with Crippen LogP contribution in [0.25, 0.3) is 0 Å². The van der Waals surface area contributed by atoms with Gasteiger partial charge in [0.2, 0.25) is 0 Å². The molecule has 0 bridgehead atoms. The minimum atomic E-state index is -0.869. The lowest BCUT2D eigenvalue weighted by Crippen LogP contribution is -2.33. The number of aliphatic carboxylic acids is 1. The highest BCUT2D eigenvalue weighted by Crippen LogP contribution is 2.07. The molecule has 2 nitrogen and oxygen atoms in total. The van der Waals surface area contributed by atoms with Gasteiger partial charge in [0, 0.05) is 0 Å². The summed E-state index contributed by atoms with van der Waals surface area (Å²) in [6, 6.07) is 0. The maximum Gasteiger partial charge on any atom is 0.147 e. The largest absolute Gasteiger partial charge is 0.545 e. The number of rotatable bonds is 10. The Hall–Kier alpha value is -0.180. The van der Waals surface area contributed by atoms with Crippen LogP contribution in [-0.4, -0.2) is 23.2 Å². The van der Waals surface area contributed by atoms with Gasteiger partial charge in [-0.25, -0.2) is 0 Å². The van der Waals surface area contributed by atoms with Gasteiger partial charge >= 0.3 is 0 Å². The first-order valence-corrected chi connectivity index (χ1v) is 7.77. The zero-order valence-corrected chi connectivity index (χ0v) is 10.9. The minimum absolute atomic E-state index is 0.0804. The summed E-state index contributed by atoms with van der Waals surface area (Å²) in [5.74, 6) is 1.59. The van der Waals surface area contributed by atoms with Crippen LogP contribution < -0.4 is 5.11 Å². The molecule has 0 amide bonds. The predicted molar refractivity (Wildman–Crippen MR) is 66.0 cm³/mol. The van der Waals surface area contributed by atoms with Crippen LogP contribution in [0.15, 0.2) is 0 Å². The monoisotopic (exact) mass is 232 g/mol. The maximum atomic E-state index is 10.6. The fraction of sp³-hybridized carbons (Fsp3) is 0.917. The van der Waals surface area contributed by atoms with E-state index in [1.165, 1.54) is 38.5 Å². The van der Waals surface area contributed by atoms with Crippen molar-refractivity contribution in [3.63, 3.8) is 0 Å². The molecule has 15 heavy (non-hydrogen) atoms. The second kappa shape index (κ2) is 10.3. The Morgan fingerprint density at radius 3 is 1.80 bits per heavy atom. The van der Waals surface area contributed by atoms with Crippen LogP contribution in [0.2, 0.25) is 0 Å². The fourth-order valence-corrected chi connectivity index (χ4v) is 3.58. The highest BCUT2D eigenvalue weighted by Gasteiger charge is 2.16. The molecule has 90 valence electrons. The summed E-state index contributed by atoms with van der Waals surface area (Å²) in [5, 5.41) is 10.6. The van der Waals surface area contributed by atoms with E-state index < -0.39 is 5.97 Å². The molecule has 0 atom stereocenters. The number of hydrogen-bond donors (Lipinski definition) is 0. The normalized spacial score (nSPS) is 10.9. The van der Waals surface area contributed by atoms with E-state index in [9.17, 15) is 9.90 Å². The van der Waals surface area contributed by atoms with Crippen molar-refractivity contribution in [2.75, 3.05) is 17.3 Å². The molecule has 0 fully saturated rings. The van der Waals surface area contributed by atoms with Crippen molar-refractivity contribution in [3.8, 4) is 0 Å². The van der Waals surface area contributed by atoms with E-state index in [1.54, 1.807) is 0 Å². The lowest BCUT2D eigenvalue weighted by atomic mass is 10.3. The summed E-state index contributed by atoms with van der Waals surface area (Å²) in [4.78, 5) is 10.6. The summed E-state index contributed by atoms with van der Waals surface area (Å²) < 4.78 is 0. The molecule has 0 aliphatic carbocycles. The van der Waals surface area contributed by atoms with Crippen molar-refractivity contribution in [3.05, 3.63) is 0 Å². The van der Waals surface area contributed by atoms with E-state index >= 15 is 0 Å². The van der Waals surface area contributed by atoms with Crippen molar-refractivity contribution in [1.29, 1.82) is 0 Å². The highest BCUT2D eigenvalue weighted by atomic mass is 32.2. The zero-order chi connectivity index (χ0) is 11.5. The number of carboxylic acid groups (broad SMARTS) is 1. The van der Waals surface area contributed by atoms with Gasteiger partial charge in [0.1, 0.15) is 17.3 Å². The van der Waals surface area contributed by atoms with Gasteiger partial charge in [-0.1, -0.05) is 26.7 Å². The average Bonchev–Trinajstić information content (AvgIpc) is 2.17. The number of unbranched alkanes of at least 4 members (excludes halogenated alkanes) is 4. The van der Waals surface area contributed by atoms with Crippen LogP contribution in [0, 0.1) is 0 Å². The molecule has 0 unspecified atom stereocenters. The number of hydrogen-bond acceptors (Lipinski definition) is 2. The van der Waals surface area contributed by atoms with Crippen molar-refractivity contribution in [2.45, 2.75) is 52.4 Å².